The number of hydrogen-bond acceptors (Lipinski definition) is 3. The molecule has 0 aliphatic carbocycles. The molecular weight excluding hydrogens is 246 g/mol. The molecule has 0 aromatic heterocycles. The minimum absolute atomic E-state index is 0.258. The molecule has 0 radical (unpaired) electrons. The van der Waals surface area contributed by atoms with E-state index in [0.29, 0.717) is 11.1 Å². The number of hydrogen-bond donors (Lipinski definition) is 1. The molecule has 0 bridgehead atoms. The third-order valence-electron chi connectivity index (χ3n) is 2.98. The maximum Gasteiger partial charge on any atom is 0.260 e. The van der Waals surface area contributed by atoms with Gasteiger partial charge in [0.05, 0.1) is 11.1 Å². The van der Waals surface area contributed by atoms with Gasteiger partial charge in [0.1, 0.15) is 0 Å². The summed E-state index contributed by atoms with van der Waals surface area (Å²) in [5.41, 5.74) is 1.07. The molecule has 2 amide bonds. The topological polar surface area (TPSA) is 46.2 Å². The normalized spacial score (nSPS) is 13.6. The average molecular weight is 263 g/mol. The van der Waals surface area contributed by atoms with Gasteiger partial charge in [-0.05, 0) is 24.3 Å². The van der Waals surface area contributed by atoms with E-state index in [0.717, 1.165) is 17.1 Å². The minimum atomic E-state index is -0.275. The van der Waals surface area contributed by atoms with E-state index >= 15 is 0 Å². The number of carbonyl (C=O) groups excluding carboxylic acids is 2. The van der Waals surface area contributed by atoms with Crippen LogP contribution in [0.2, 0.25) is 0 Å². The molecule has 0 spiro atoms. The molecule has 0 unspecified atom stereocenters. The van der Waals surface area contributed by atoms with Crippen LogP contribution in [0.4, 0.5) is 0 Å². The van der Waals surface area contributed by atoms with E-state index in [4.69, 9.17) is 0 Å². The Balaban J connectivity index is 2.02. The van der Waals surface area contributed by atoms with Gasteiger partial charge in [0.2, 0.25) is 0 Å². The van der Waals surface area contributed by atoms with Gasteiger partial charge in [-0.3, -0.25) is 14.9 Å². The van der Waals surface area contributed by atoms with Gasteiger partial charge in [-0.1, -0.05) is 32.3 Å². The van der Waals surface area contributed by atoms with E-state index in [-0.39, 0.29) is 11.8 Å². The van der Waals surface area contributed by atoms with E-state index in [1.54, 1.807) is 17.8 Å². The van der Waals surface area contributed by atoms with Gasteiger partial charge >= 0.3 is 0 Å². The van der Waals surface area contributed by atoms with E-state index in [9.17, 15) is 9.59 Å². The predicted octanol–water partition coefficient (Wildman–Crippen LogP) is 3.24. The fourth-order valence-corrected chi connectivity index (χ4v) is 3.11. The highest BCUT2D eigenvalue weighted by Gasteiger charge is 2.28. The van der Waals surface area contributed by atoms with E-state index in [2.05, 4.69) is 12.2 Å². The smallest absolute Gasteiger partial charge is 0.260 e. The lowest BCUT2D eigenvalue weighted by atomic mass is 10.1. The van der Waals surface area contributed by atoms with Crippen LogP contribution in [0.25, 0.3) is 0 Å². The van der Waals surface area contributed by atoms with Gasteiger partial charge in [0, 0.05) is 4.90 Å². The van der Waals surface area contributed by atoms with Gasteiger partial charge in [-0.25, -0.2) is 0 Å². The number of carbonyl (C=O) groups is 2. The van der Waals surface area contributed by atoms with Crippen LogP contribution in [-0.4, -0.2) is 17.6 Å². The summed E-state index contributed by atoms with van der Waals surface area (Å²) in [4.78, 5) is 24.1. The second-order valence-corrected chi connectivity index (χ2v) is 5.51. The summed E-state index contributed by atoms with van der Waals surface area (Å²) in [6.45, 7) is 2.19. The van der Waals surface area contributed by atoms with Gasteiger partial charge in [-0.15, -0.1) is 11.8 Å². The molecule has 1 heterocycles. The molecule has 0 atom stereocenters. The van der Waals surface area contributed by atoms with E-state index in [1.807, 2.05) is 12.1 Å². The molecule has 1 aliphatic heterocycles. The molecule has 18 heavy (non-hydrogen) atoms. The van der Waals surface area contributed by atoms with Gasteiger partial charge in [-0.2, -0.15) is 0 Å². The third kappa shape index (κ3) is 2.75. The first kappa shape index (κ1) is 13.1. The summed E-state index contributed by atoms with van der Waals surface area (Å²) in [7, 11) is 0. The van der Waals surface area contributed by atoms with Crippen LogP contribution in [0.1, 0.15) is 53.3 Å². The summed E-state index contributed by atoms with van der Waals surface area (Å²) >= 11 is 1.67. The fraction of sp³-hybridized carbons (Fsp3) is 0.429. The van der Waals surface area contributed by atoms with Gasteiger partial charge in [0.15, 0.2) is 0 Å². The van der Waals surface area contributed by atoms with E-state index in [1.165, 1.54) is 19.3 Å². The van der Waals surface area contributed by atoms with Crippen molar-refractivity contribution in [1.29, 1.82) is 0 Å². The Kier molecular flexibility index (Phi) is 4.42. The number of fused-ring (bicyclic) bond motifs is 1. The standard InChI is InChI=1S/C14H17NO2S/c1-2-3-4-5-9-18-11-8-6-7-10-12(11)14(17)15-13(10)16/h6-8H,2-5,9H2,1H3,(H,15,16,17). The molecule has 4 heteroatoms. The molecule has 0 saturated carbocycles. The van der Waals surface area contributed by atoms with Crippen LogP contribution in [-0.2, 0) is 0 Å². The summed E-state index contributed by atoms with van der Waals surface area (Å²) in [6.07, 6.45) is 4.86. The quantitative estimate of drug-likeness (QED) is 0.487. The van der Waals surface area contributed by atoms with Crippen LogP contribution < -0.4 is 5.32 Å². The number of imide groups is 1. The van der Waals surface area contributed by atoms with Crippen LogP contribution in [0.3, 0.4) is 0 Å². The first-order valence-corrected chi connectivity index (χ1v) is 7.34. The second kappa shape index (κ2) is 6.05. The number of amides is 2. The average Bonchev–Trinajstić information content (AvgIpc) is 2.66. The Morgan fingerprint density at radius 3 is 2.72 bits per heavy atom. The Morgan fingerprint density at radius 1 is 1.11 bits per heavy atom. The van der Waals surface area contributed by atoms with Crippen LogP contribution >= 0.6 is 11.8 Å². The maximum absolute atomic E-state index is 11.7. The lowest BCUT2D eigenvalue weighted by Gasteiger charge is -2.05. The van der Waals surface area contributed by atoms with Crippen molar-refractivity contribution in [2.24, 2.45) is 0 Å². The first-order chi connectivity index (χ1) is 8.74. The van der Waals surface area contributed by atoms with Crippen molar-refractivity contribution in [3.05, 3.63) is 29.3 Å². The lowest BCUT2D eigenvalue weighted by molar-refractivity contribution is 0.0879. The highest BCUT2D eigenvalue weighted by Crippen LogP contribution is 2.29. The van der Waals surface area contributed by atoms with Gasteiger partial charge < -0.3 is 0 Å². The van der Waals surface area contributed by atoms with Crippen molar-refractivity contribution in [3.8, 4) is 0 Å². The third-order valence-corrected chi connectivity index (χ3v) is 4.12. The fourth-order valence-electron chi connectivity index (χ4n) is 2.02. The Hall–Kier alpha value is -1.29. The lowest BCUT2D eigenvalue weighted by Crippen LogP contribution is -2.20. The van der Waals surface area contributed by atoms with Crippen molar-refractivity contribution in [1.82, 2.24) is 5.32 Å². The number of nitrogens with one attached hydrogen (secondary N) is 1. The molecular formula is C14H17NO2S. The molecule has 0 saturated heterocycles. The monoisotopic (exact) mass is 263 g/mol. The Morgan fingerprint density at radius 2 is 1.94 bits per heavy atom. The molecule has 1 aliphatic rings. The van der Waals surface area contributed by atoms with Crippen molar-refractivity contribution in [3.63, 3.8) is 0 Å². The summed E-state index contributed by atoms with van der Waals surface area (Å²) in [5, 5.41) is 2.34. The van der Waals surface area contributed by atoms with Crippen molar-refractivity contribution in [2.45, 2.75) is 37.5 Å². The summed E-state index contributed by atoms with van der Waals surface area (Å²) in [6, 6.07) is 5.46. The summed E-state index contributed by atoms with van der Waals surface area (Å²) < 4.78 is 0. The van der Waals surface area contributed by atoms with Crippen molar-refractivity contribution in [2.75, 3.05) is 5.75 Å². The zero-order chi connectivity index (χ0) is 13.0. The van der Waals surface area contributed by atoms with E-state index < -0.39 is 0 Å². The Labute approximate surface area is 111 Å². The molecule has 96 valence electrons. The number of unbranched alkanes of at least 4 members (excludes halogenated alkanes) is 3. The van der Waals surface area contributed by atoms with Gasteiger partial charge in [0.25, 0.3) is 11.8 Å². The second-order valence-electron chi connectivity index (χ2n) is 4.37. The first-order valence-electron chi connectivity index (χ1n) is 6.35. The van der Waals surface area contributed by atoms with Crippen molar-refractivity contribution < 1.29 is 9.59 Å². The molecule has 0 fully saturated rings. The number of rotatable bonds is 6. The summed E-state index contributed by atoms with van der Waals surface area (Å²) in [5.74, 6) is 0.466. The van der Waals surface area contributed by atoms with Crippen LogP contribution in [0.15, 0.2) is 23.1 Å². The SMILES string of the molecule is CCCCCCSc1cccc2c1C(=O)NC2=O. The highest BCUT2D eigenvalue weighted by atomic mass is 32.2. The molecule has 1 aromatic rings. The van der Waals surface area contributed by atoms with Crippen LogP contribution in [0, 0.1) is 0 Å². The molecule has 3 nitrogen and oxygen atoms in total. The molecule has 2 rings (SSSR count). The highest BCUT2D eigenvalue weighted by molar-refractivity contribution is 7.99. The molecule has 1 N–H and O–H groups in total. The maximum atomic E-state index is 11.7. The minimum Gasteiger partial charge on any atom is -0.288 e. The Bertz CT molecular complexity index is 471. The molecule has 1 aromatic carbocycles. The predicted molar refractivity (Wildman–Crippen MR) is 73.1 cm³/mol. The largest absolute Gasteiger partial charge is 0.288 e. The number of benzene rings is 1. The van der Waals surface area contributed by atoms with Crippen molar-refractivity contribution >= 4 is 23.6 Å². The zero-order valence-electron chi connectivity index (χ0n) is 10.5. The zero-order valence-corrected chi connectivity index (χ0v) is 11.3. The van der Waals surface area contributed by atoms with Crippen LogP contribution in [0.5, 0.6) is 0 Å². The number of thioether (sulfide) groups is 1.